The highest BCUT2D eigenvalue weighted by Gasteiger charge is 2.09. The van der Waals surface area contributed by atoms with Crippen molar-refractivity contribution in [1.82, 2.24) is 25.9 Å². The molecule has 17 heavy (non-hydrogen) atoms. The number of benzene rings is 1. The first kappa shape index (κ1) is 12.2. The van der Waals surface area contributed by atoms with Crippen molar-refractivity contribution in [1.29, 1.82) is 0 Å². The minimum Gasteiger partial charge on any atom is -0.303 e. The Bertz CT molecular complexity index is 483. The fraction of sp³-hybridized carbons (Fsp3) is 0.364. The first-order valence-corrected chi connectivity index (χ1v) is 6.18. The zero-order chi connectivity index (χ0) is 12.3. The van der Waals surface area contributed by atoms with E-state index in [9.17, 15) is 0 Å². The Labute approximate surface area is 108 Å². The Kier molecular flexibility index (Phi) is 3.86. The van der Waals surface area contributed by atoms with Crippen LogP contribution in [0, 0.1) is 6.92 Å². The fourth-order valence-electron chi connectivity index (χ4n) is 1.46. The molecule has 0 fully saturated rings. The number of aromatic amines is 1. The number of hydrogen-bond donors (Lipinski definition) is 2. The molecule has 5 nitrogen and oxygen atoms in total. The van der Waals surface area contributed by atoms with Crippen LogP contribution in [0.1, 0.15) is 29.9 Å². The van der Waals surface area contributed by atoms with Crippen molar-refractivity contribution in [2.45, 2.75) is 26.4 Å². The van der Waals surface area contributed by atoms with E-state index in [1.54, 1.807) is 0 Å². The van der Waals surface area contributed by atoms with Crippen LogP contribution in [0.15, 0.2) is 22.7 Å². The van der Waals surface area contributed by atoms with E-state index in [1.165, 1.54) is 11.1 Å². The van der Waals surface area contributed by atoms with Gasteiger partial charge in [0, 0.05) is 11.0 Å². The quantitative estimate of drug-likeness (QED) is 0.907. The lowest BCUT2D eigenvalue weighted by Gasteiger charge is -2.10. The number of H-pyrrole nitrogens is 1. The monoisotopic (exact) mass is 295 g/mol. The lowest BCUT2D eigenvalue weighted by atomic mass is 10.1. The third-order valence-corrected chi connectivity index (χ3v) is 3.45. The zero-order valence-corrected chi connectivity index (χ0v) is 11.3. The summed E-state index contributed by atoms with van der Waals surface area (Å²) in [5, 5.41) is 17.2. The molecule has 0 aliphatic carbocycles. The van der Waals surface area contributed by atoms with E-state index >= 15 is 0 Å². The van der Waals surface area contributed by atoms with Crippen LogP contribution in [0.25, 0.3) is 0 Å². The van der Waals surface area contributed by atoms with Gasteiger partial charge in [-0.3, -0.25) is 0 Å². The average molecular weight is 296 g/mol. The Balaban J connectivity index is 1.96. The molecule has 1 heterocycles. The molecule has 0 saturated carbocycles. The van der Waals surface area contributed by atoms with Crippen LogP contribution >= 0.6 is 15.9 Å². The molecule has 0 bridgehead atoms. The van der Waals surface area contributed by atoms with Crippen molar-refractivity contribution < 1.29 is 0 Å². The second-order valence-corrected chi connectivity index (χ2v) is 4.81. The summed E-state index contributed by atoms with van der Waals surface area (Å²) < 4.78 is 1.13. The van der Waals surface area contributed by atoms with E-state index in [2.05, 4.69) is 67.0 Å². The first-order chi connectivity index (χ1) is 8.16. The maximum atomic E-state index is 3.94. The molecule has 0 saturated heterocycles. The number of nitrogens with one attached hydrogen (secondary N) is 2. The van der Waals surface area contributed by atoms with Gasteiger partial charge >= 0.3 is 0 Å². The summed E-state index contributed by atoms with van der Waals surface area (Å²) in [5.41, 5.74) is 2.46. The number of halogens is 1. The van der Waals surface area contributed by atoms with Gasteiger partial charge in [0.1, 0.15) is 0 Å². The predicted octanol–water partition coefficient (Wildman–Crippen LogP) is 2.12. The lowest BCUT2D eigenvalue weighted by molar-refractivity contribution is 0.546. The molecule has 0 spiro atoms. The Hall–Kier alpha value is -1.27. The molecule has 0 aliphatic heterocycles. The molecule has 0 amide bonds. The van der Waals surface area contributed by atoms with Crippen LogP contribution in [0.4, 0.5) is 0 Å². The first-order valence-electron chi connectivity index (χ1n) is 5.38. The minimum absolute atomic E-state index is 0.0776. The molecule has 2 aromatic rings. The van der Waals surface area contributed by atoms with Crippen molar-refractivity contribution in [3.63, 3.8) is 0 Å². The second kappa shape index (κ2) is 5.37. The highest BCUT2D eigenvalue weighted by Crippen LogP contribution is 2.17. The predicted molar refractivity (Wildman–Crippen MR) is 68.3 cm³/mol. The van der Waals surface area contributed by atoms with Crippen LogP contribution in [-0.4, -0.2) is 20.6 Å². The molecule has 2 N–H and O–H groups in total. The van der Waals surface area contributed by atoms with Crippen LogP contribution < -0.4 is 5.32 Å². The molecule has 1 atom stereocenters. The highest BCUT2D eigenvalue weighted by atomic mass is 79.9. The normalized spacial score (nSPS) is 12.6. The van der Waals surface area contributed by atoms with Gasteiger partial charge in [-0.15, -0.1) is 10.2 Å². The van der Waals surface area contributed by atoms with E-state index in [1.807, 2.05) is 6.92 Å². The largest absolute Gasteiger partial charge is 0.303 e. The summed E-state index contributed by atoms with van der Waals surface area (Å²) in [5.74, 6) is 0.677. The molecule has 2 rings (SSSR count). The summed E-state index contributed by atoms with van der Waals surface area (Å²) in [6.45, 7) is 4.85. The van der Waals surface area contributed by atoms with Crippen molar-refractivity contribution in [3.8, 4) is 0 Å². The third-order valence-electron chi connectivity index (χ3n) is 2.60. The molecule has 0 radical (unpaired) electrons. The number of aromatic nitrogens is 4. The van der Waals surface area contributed by atoms with E-state index in [0.29, 0.717) is 5.82 Å². The summed E-state index contributed by atoms with van der Waals surface area (Å²) in [7, 11) is 0. The van der Waals surface area contributed by atoms with E-state index in [4.69, 9.17) is 0 Å². The Morgan fingerprint density at radius 3 is 2.94 bits per heavy atom. The van der Waals surface area contributed by atoms with E-state index in [0.717, 1.165) is 11.0 Å². The molecule has 90 valence electrons. The zero-order valence-electron chi connectivity index (χ0n) is 9.74. The van der Waals surface area contributed by atoms with Crippen LogP contribution in [0.5, 0.6) is 0 Å². The Morgan fingerprint density at radius 2 is 2.29 bits per heavy atom. The van der Waals surface area contributed by atoms with Gasteiger partial charge in [-0.05, 0) is 31.0 Å². The van der Waals surface area contributed by atoms with Crippen LogP contribution in [0.2, 0.25) is 0 Å². The molecule has 6 heteroatoms. The fourth-order valence-corrected chi connectivity index (χ4v) is 1.89. The highest BCUT2D eigenvalue weighted by molar-refractivity contribution is 9.10. The second-order valence-electron chi connectivity index (χ2n) is 3.96. The van der Waals surface area contributed by atoms with Crippen LogP contribution in [0.3, 0.4) is 0 Å². The number of nitrogens with zero attached hydrogens (tertiary/aromatic N) is 3. The molecule has 0 aliphatic rings. The van der Waals surface area contributed by atoms with Gasteiger partial charge in [0.15, 0.2) is 5.82 Å². The standard InChI is InChI=1S/C11H14BrN5/c1-7-3-4-9(5-10(7)12)6-13-8(2)11-14-16-17-15-11/h3-5,8,13H,6H2,1-2H3,(H,14,15,16,17). The lowest BCUT2D eigenvalue weighted by Crippen LogP contribution is -2.19. The number of aryl methyl sites for hydroxylation is 1. The van der Waals surface area contributed by atoms with Crippen molar-refractivity contribution in [3.05, 3.63) is 39.6 Å². The van der Waals surface area contributed by atoms with Gasteiger partial charge in [0.2, 0.25) is 0 Å². The van der Waals surface area contributed by atoms with Gasteiger partial charge < -0.3 is 5.32 Å². The summed E-state index contributed by atoms with van der Waals surface area (Å²) >= 11 is 3.52. The van der Waals surface area contributed by atoms with Crippen molar-refractivity contribution in [2.75, 3.05) is 0 Å². The molecular formula is C11H14BrN5. The van der Waals surface area contributed by atoms with E-state index < -0.39 is 0 Å². The Morgan fingerprint density at radius 1 is 1.47 bits per heavy atom. The summed E-state index contributed by atoms with van der Waals surface area (Å²) in [6, 6.07) is 6.40. The van der Waals surface area contributed by atoms with Crippen molar-refractivity contribution >= 4 is 15.9 Å². The van der Waals surface area contributed by atoms with Gasteiger partial charge in [-0.2, -0.15) is 5.21 Å². The molecule has 1 aromatic heterocycles. The summed E-state index contributed by atoms with van der Waals surface area (Å²) in [4.78, 5) is 0. The van der Waals surface area contributed by atoms with Crippen molar-refractivity contribution in [2.24, 2.45) is 0 Å². The average Bonchev–Trinajstić information content (AvgIpc) is 2.84. The number of rotatable bonds is 4. The number of hydrogen-bond acceptors (Lipinski definition) is 4. The van der Waals surface area contributed by atoms with E-state index in [-0.39, 0.29) is 6.04 Å². The molecule has 1 aromatic carbocycles. The maximum absolute atomic E-state index is 3.94. The maximum Gasteiger partial charge on any atom is 0.191 e. The topological polar surface area (TPSA) is 66.5 Å². The third kappa shape index (κ3) is 3.10. The SMILES string of the molecule is Cc1ccc(CNC(C)c2nn[nH]n2)cc1Br. The molecular weight excluding hydrogens is 282 g/mol. The van der Waals surface area contributed by atoms with Gasteiger partial charge in [-0.25, -0.2) is 0 Å². The molecule has 1 unspecified atom stereocenters. The summed E-state index contributed by atoms with van der Waals surface area (Å²) in [6.07, 6.45) is 0. The van der Waals surface area contributed by atoms with Crippen LogP contribution in [-0.2, 0) is 6.54 Å². The minimum atomic E-state index is 0.0776. The number of tetrazole rings is 1. The van der Waals surface area contributed by atoms with Gasteiger partial charge in [-0.1, -0.05) is 33.3 Å². The van der Waals surface area contributed by atoms with Gasteiger partial charge in [0.25, 0.3) is 0 Å². The smallest absolute Gasteiger partial charge is 0.191 e. The van der Waals surface area contributed by atoms with Gasteiger partial charge in [0.05, 0.1) is 6.04 Å².